The van der Waals surface area contributed by atoms with Crippen molar-refractivity contribution in [2.45, 2.75) is 57.2 Å². The Morgan fingerprint density at radius 3 is 2.75 bits per heavy atom. The average molecular weight is 228 g/mol. The lowest BCUT2D eigenvalue weighted by Gasteiger charge is -2.43. The molecule has 2 heterocycles. The standard InChI is InChI=1S/C13H24O3/c1-2-12(14)9-11-3-6-16-13(10-11)4-7-15-8-5-13/h11-12,14H,2-10H2,1H3. The molecule has 0 aromatic rings. The molecular weight excluding hydrogens is 204 g/mol. The Morgan fingerprint density at radius 2 is 2.06 bits per heavy atom. The van der Waals surface area contributed by atoms with Crippen molar-refractivity contribution in [3.63, 3.8) is 0 Å². The molecule has 0 aromatic carbocycles. The van der Waals surface area contributed by atoms with Gasteiger partial charge in [0.2, 0.25) is 0 Å². The number of aliphatic hydroxyl groups excluding tert-OH is 1. The number of aliphatic hydroxyl groups is 1. The van der Waals surface area contributed by atoms with Crippen LogP contribution in [0.25, 0.3) is 0 Å². The smallest absolute Gasteiger partial charge is 0.0729 e. The Balaban J connectivity index is 1.87. The van der Waals surface area contributed by atoms with Crippen LogP contribution < -0.4 is 0 Å². The second-order valence-corrected chi connectivity index (χ2v) is 5.30. The summed E-state index contributed by atoms with van der Waals surface area (Å²) >= 11 is 0. The molecule has 16 heavy (non-hydrogen) atoms. The maximum Gasteiger partial charge on any atom is 0.0729 e. The van der Waals surface area contributed by atoms with Crippen molar-refractivity contribution in [2.75, 3.05) is 19.8 Å². The molecule has 0 aliphatic carbocycles. The summed E-state index contributed by atoms with van der Waals surface area (Å²) in [6.07, 6.45) is 5.99. The van der Waals surface area contributed by atoms with Gasteiger partial charge < -0.3 is 14.6 Å². The molecule has 2 aliphatic rings. The molecule has 0 amide bonds. The molecule has 0 saturated carbocycles. The first-order valence-electron chi connectivity index (χ1n) is 6.64. The summed E-state index contributed by atoms with van der Waals surface area (Å²) in [5.74, 6) is 0.641. The SMILES string of the molecule is CCC(O)CC1CCOC2(CCOCC2)C1. The van der Waals surface area contributed by atoms with Crippen LogP contribution in [0.3, 0.4) is 0 Å². The number of hydrogen-bond donors (Lipinski definition) is 1. The Hall–Kier alpha value is -0.120. The third kappa shape index (κ3) is 2.96. The predicted octanol–water partition coefficient (Wildman–Crippen LogP) is 2.12. The van der Waals surface area contributed by atoms with E-state index in [1.807, 2.05) is 6.92 Å². The van der Waals surface area contributed by atoms with Crippen LogP contribution in [0.15, 0.2) is 0 Å². The second-order valence-electron chi connectivity index (χ2n) is 5.30. The van der Waals surface area contributed by atoms with Gasteiger partial charge >= 0.3 is 0 Å². The van der Waals surface area contributed by atoms with Crippen molar-refractivity contribution in [1.82, 2.24) is 0 Å². The molecule has 2 rings (SSSR count). The molecule has 0 bridgehead atoms. The molecule has 1 spiro atoms. The minimum Gasteiger partial charge on any atom is -0.393 e. The highest BCUT2D eigenvalue weighted by molar-refractivity contribution is 4.89. The van der Waals surface area contributed by atoms with Crippen LogP contribution in [0, 0.1) is 5.92 Å². The van der Waals surface area contributed by atoms with Crippen LogP contribution in [-0.2, 0) is 9.47 Å². The summed E-state index contributed by atoms with van der Waals surface area (Å²) in [5, 5.41) is 9.73. The van der Waals surface area contributed by atoms with Crippen LogP contribution in [-0.4, -0.2) is 36.6 Å². The fourth-order valence-corrected chi connectivity index (χ4v) is 2.97. The van der Waals surface area contributed by atoms with Crippen LogP contribution in [0.4, 0.5) is 0 Å². The first kappa shape index (κ1) is 12.3. The summed E-state index contributed by atoms with van der Waals surface area (Å²) in [5.41, 5.74) is 0.0780. The van der Waals surface area contributed by atoms with E-state index in [0.29, 0.717) is 5.92 Å². The van der Waals surface area contributed by atoms with Gasteiger partial charge in [-0.1, -0.05) is 6.92 Å². The summed E-state index contributed by atoms with van der Waals surface area (Å²) in [7, 11) is 0. The van der Waals surface area contributed by atoms with Crippen molar-refractivity contribution >= 4 is 0 Å². The predicted molar refractivity (Wildman–Crippen MR) is 62.4 cm³/mol. The van der Waals surface area contributed by atoms with E-state index in [9.17, 15) is 5.11 Å². The van der Waals surface area contributed by atoms with Gasteiger partial charge in [0.1, 0.15) is 0 Å². The van der Waals surface area contributed by atoms with Gasteiger partial charge in [-0.3, -0.25) is 0 Å². The zero-order chi connectivity index (χ0) is 11.4. The van der Waals surface area contributed by atoms with Gasteiger partial charge in [0.15, 0.2) is 0 Å². The molecule has 0 aromatic heterocycles. The Bertz CT molecular complexity index is 206. The molecule has 3 nitrogen and oxygen atoms in total. The van der Waals surface area contributed by atoms with E-state index in [1.54, 1.807) is 0 Å². The molecule has 2 unspecified atom stereocenters. The largest absolute Gasteiger partial charge is 0.393 e. The summed E-state index contributed by atoms with van der Waals surface area (Å²) < 4.78 is 11.4. The second kappa shape index (κ2) is 5.48. The topological polar surface area (TPSA) is 38.7 Å². The van der Waals surface area contributed by atoms with Gasteiger partial charge in [-0.15, -0.1) is 0 Å². The Morgan fingerprint density at radius 1 is 1.31 bits per heavy atom. The lowest BCUT2D eigenvalue weighted by atomic mass is 9.78. The van der Waals surface area contributed by atoms with Crippen molar-refractivity contribution < 1.29 is 14.6 Å². The number of ether oxygens (including phenoxy) is 2. The van der Waals surface area contributed by atoms with Crippen LogP contribution >= 0.6 is 0 Å². The molecule has 1 N–H and O–H groups in total. The molecule has 2 saturated heterocycles. The lowest BCUT2D eigenvalue weighted by Crippen LogP contribution is -2.44. The van der Waals surface area contributed by atoms with Crippen molar-refractivity contribution in [3.05, 3.63) is 0 Å². The van der Waals surface area contributed by atoms with Crippen LogP contribution in [0.2, 0.25) is 0 Å². The van der Waals surface area contributed by atoms with Gasteiger partial charge in [-0.25, -0.2) is 0 Å². The maximum absolute atomic E-state index is 9.73. The third-order valence-corrected chi connectivity index (χ3v) is 4.08. The van der Waals surface area contributed by atoms with E-state index in [-0.39, 0.29) is 11.7 Å². The fourth-order valence-electron chi connectivity index (χ4n) is 2.97. The average Bonchev–Trinajstić information content (AvgIpc) is 2.30. The van der Waals surface area contributed by atoms with Gasteiger partial charge in [0.25, 0.3) is 0 Å². The van der Waals surface area contributed by atoms with E-state index in [1.165, 1.54) is 0 Å². The molecule has 2 aliphatic heterocycles. The monoisotopic (exact) mass is 228 g/mol. The third-order valence-electron chi connectivity index (χ3n) is 4.08. The molecule has 0 radical (unpaired) electrons. The molecule has 2 atom stereocenters. The Kier molecular flexibility index (Phi) is 4.22. The molecular formula is C13H24O3. The van der Waals surface area contributed by atoms with E-state index in [0.717, 1.165) is 58.3 Å². The zero-order valence-corrected chi connectivity index (χ0v) is 10.3. The van der Waals surface area contributed by atoms with Gasteiger partial charge in [-0.05, 0) is 44.4 Å². The van der Waals surface area contributed by atoms with Crippen molar-refractivity contribution in [2.24, 2.45) is 5.92 Å². The molecule has 94 valence electrons. The lowest BCUT2D eigenvalue weighted by molar-refractivity contribution is -0.149. The van der Waals surface area contributed by atoms with Crippen molar-refractivity contribution in [1.29, 1.82) is 0 Å². The first-order valence-corrected chi connectivity index (χ1v) is 6.64. The fraction of sp³-hybridized carbons (Fsp3) is 1.00. The zero-order valence-electron chi connectivity index (χ0n) is 10.3. The first-order chi connectivity index (χ1) is 7.74. The van der Waals surface area contributed by atoms with Gasteiger partial charge in [0, 0.05) is 19.8 Å². The van der Waals surface area contributed by atoms with E-state index < -0.39 is 0 Å². The van der Waals surface area contributed by atoms with Crippen molar-refractivity contribution in [3.8, 4) is 0 Å². The van der Waals surface area contributed by atoms with Gasteiger partial charge in [-0.2, -0.15) is 0 Å². The molecule has 2 fully saturated rings. The van der Waals surface area contributed by atoms with Crippen LogP contribution in [0.1, 0.15) is 45.4 Å². The molecule has 3 heteroatoms. The summed E-state index contributed by atoms with van der Waals surface area (Å²) in [6.45, 7) is 4.58. The highest BCUT2D eigenvalue weighted by Gasteiger charge is 2.39. The van der Waals surface area contributed by atoms with E-state index >= 15 is 0 Å². The maximum atomic E-state index is 9.73. The van der Waals surface area contributed by atoms with E-state index in [2.05, 4.69) is 0 Å². The normalized spacial score (nSPS) is 31.5. The number of hydrogen-bond acceptors (Lipinski definition) is 3. The highest BCUT2D eigenvalue weighted by Crippen LogP contribution is 2.38. The Labute approximate surface area is 98.1 Å². The van der Waals surface area contributed by atoms with Crippen LogP contribution in [0.5, 0.6) is 0 Å². The minimum absolute atomic E-state index is 0.0780. The van der Waals surface area contributed by atoms with Gasteiger partial charge in [0.05, 0.1) is 11.7 Å². The number of rotatable bonds is 3. The summed E-state index contributed by atoms with van der Waals surface area (Å²) in [6, 6.07) is 0. The highest BCUT2D eigenvalue weighted by atomic mass is 16.5. The quantitative estimate of drug-likeness (QED) is 0.804. The minimum atomic E-state index is -0.125. The summed E-state index contributed by atoms with van der Waals surface area (Å²) in [4.78, 5) is 0. The van der Waals surface area contributed by atoms with E-state index in [4.69, 9.17) is 9.47 Å².